The molecule has 14 heavy (non-hydrogen) atoms. The Morgan fingerprint density at radius 2 is 2.36 bits per heavy atom. The maximum absolute atomic E-state index is 11.7. The molecule has 4 nitrogen and oxygen atoms in total. The van der Waals surface area contributed by atoms with Crippen molar-refractivity contribution in [2.24, 2.45) is 5.73 Å². The maximum Gasteiger partial charge on any atom is 0.239 e. The summed E-state index contributed by atoms with van der Waals surface area (Å²) in [5.41, 5.74) is 5.47. The van der Waals surface area contributed by atoms with Crippen LogP contribution in [0.4, 0.5) is 0 Å². The van der Waals surface area contributed by atoms with Gasteiger partial charge in [0.2, 0.25) is 5.91 Å². The van der Waals surface area contributed by atoms with Gasteiger partial charge in [-0.25, -0.2) is 0 Å². The van der Waals surface area contributed by atoms with E-state index < -0.39 is 0 Å². The van der Waals surface area contributed by atoms with Gasteiger partial charge in [0.25, 0.3) is 0 Å². The third-order valence-corrected chi connectivity index (χ3v) is 2.90. The number of amides is 1. The van der Waals surface area contributed by atoms with E-state index in [1.165, 1.54) is 0 Å². The number of carbonyl (C=O) groups excluding carboxylic acids is 1. The summed E-state index contributed by atoms with van der Waals surface area (Å²) in [7, 11) is 1.87. The Morgan fingerprint density at radius 1 is 1.64 bits per heavy atom. The van der Waals surface area contributed by atoms with Gasteiger partial charge < -0.3 is 10.6 Å². The van der Waals surface area contributed by atoms with E-state index in [9.17, 15) is 4.79 Å². The van der Waals surface area contributed by atoms with Crippen LogP contribution in [0.1, 0.15) is 19.8 Å². The molecule has 1 amide bonds. The van der Waals surface area contributed by atoms with Crippen LogP contribution in [0.5, 0.6) is 0 Å². The zero-order valence-corrected chi connectivity index (χ0v) is 9.20. The molecule has 0 aliphatic carbocycles. The minimum Gasteiger partial charge on any atom is -0.344 e. The van der Waals surface area contributed by atoms with Crippen LogP contribution in [0.2, 0.25) is 0 Å². The van der Waals surface area contributed by atoms with Crippen molar-refractivity contribution in [2.75, 3.05) is 33.2 Å². The van der Waals surface area contributed by atoms with Crippen molar-refractivity contribution in [1.29, 1.82) is 0 Å². The molecule has 4 heteroatoms. The molecule has 1 heterocycles. The summed E-state index contributed by atoms with van der Waals surface area (Å²) >= 11 is 0. The first-order chi connectivity index (χ1) is 6.70. The number of hydrogen-bond acceptors (Lipinski definition) is 3. The van der Waals surface area contributed by atoms with Crippen LogP contribution in [0.3, 0.4) is 0 Å². The summed E-state index contributed by atoms with van der Waals surface area (Å²) in [6.07, 6.45) is 1.94. The summed E-state index contributed by atoms with van der Waals surface area (Å²) in [6, 6.07) is 0.108. The maximum atomic E-state index is 11.7. The van der Waals surface area contributed by atoms with E-state index in [-0.39, 0.29) is 11.9 Å². The Kier molecular flexibility index (Phi) is 4.35. The average molecular weight is 199 g/mol. The Hall–Kier alpha value is -0.610. The first-order valence-corrected chi connectivity index (χ1v) is 5.39. The molecule has 2 N–H and O–H groups in total. The van der Waals surface area contributed by atoms with Crippen LogP contribution < -0.4 is 5.73 Å². The molecule has 0 saturated carbocycles. The van der Waals surface area contributed by atoms with Gasteiger partial charge in [0.1, 0.15) is 0 Å². The van der Waals surface area contributed by atoms with Gasteiger partial charge in [0.05, 0.1) is 6.04 Å². The number of hydrogen-bond donors (Lipinski definition) is 1. The van der Waals surface area contributed by atoms with Crippen LogP contribution in [0, 0.1) is 0 Å². The van der Waals surface area contributed by atoms with Crippen molar-refractivity contribution < 1.29 is 4.79 Å². The lowest BCUT2D eigenvalue weighted by Gasteiger charge is -2.25. The molecule has 0 radical (unpaired) electrons. The number of nitrogens with two attached hydrogens (primary N) is 1. The van der Waals surface area contributed by atoms with E-state index in [0.717, 1.165) is 32.5 Å². The Morgan fingerprint density at radius 3 is 2.79 bits per heavy atom. The first kappa shape index (κ1) is 11.5. The molecule has 82 valence electrons. The highest BCUT2D eigenvalue weighted by molar-refractivity contribution is 5.83. The molecule has 1 rings (SSSR count). The molecule has 0 aromatic carbocycles. The molecular formula is C10H21N3O. The number of nitrogens with zero attached hydrogens (tertiary/aromatic N) is 2. The van der Waals surface area contributed by atoms with Gasteiger partial charge in [0.15, 0.2) is 0 Å². The molecule has 0 spiro atoms. The molecule has 1 fully saturated rings. The molecule has 1 atom stereocenters. The summed E-state index contributed by atoms with van der Waals surface area (Å²) < 4.78 is 0. The van der Waals surface area contributed by atoms with Gasteiger partial charge in [-0.3, -0.25) is 9.69 Å². The second-order valence-electron chi connectivity index (χ2n) is 3.84. The summed E-state index contributed by atoms with van der Waals surface area (Å²) in [6.45, 7) is 5.57. The lowest BCUT2D eigenvalue weighted by molar-refractivity contribution is -0.131. The largest absolute Gasteiger partial charge is 0.344 e. The fraction of sp³-hybridized carbons (Fsp3) is 0.900. The second kappa shape index (κ2) is 5.32. The number of carbonyl (C=O) groups is 1. The minimum absolute atomic E-state index is 0.108. The van der Waals surface area contributed by atoms with Gasteiger partial charge in [0, 0.05) is 20.1 Å². The molecule has 1 saturated heterocycles. The standard InChI is InChI=1S/C10H21N3O/c1-3-13(7-4-6-11)9-5-8-12(2)10(9)14/h9H,3-8,11H2,1-2H3. The Labute approximate surface area is 86.0 Å². The number of rotatable bonds is 5. The van der Waals surface area contributed by atoms with Crippen molar-refractivity contribution in [3.05, 3.63) is 0 Å². The Bertz CT molecular complexity index is 196. The van der Waals surface area contributed by atoms with E-state index in [4.69, 9.17) is 5.73 Å². The summed E-state index contributed by atoms with van der Waals surface area (Å²) in [5, 5.41) is 0. The third kappa shape index (κ3) is 2.45. The van der Waals surface area contributed by atoms with Crippen LogP contribution in [-0.2, 0) is 4.79 Å². The minimum atomic E-state index is 0.108. The second-order valence-corrected chi connectivity index (χ2v) is 3.84. The highest BCUT2D eigenvalue weighted by Gasteiger charge is 2.32. The average Bonchev–Trinajstić information content (AvgIpc) is 2.51. The van der Waals surface area contributed by atoms with Crippen LogP contribution >= 0.6 is 0 Å². The van der Waals surface area contributed by atoms with Gasteiger partial charge in [-0.1, -0.05) is 6.92 Å². The van der Waals surface area contributed by atoms with Gasteiger partial charge in [-0.2, -0.15) is 0 Å². The molecule has 0 aromatic rings. The van der Waals surface area contributed by atoms with Crippen molar-refractivity contribution in [1.82, 2.24) is 9.80 Å². The molecule has 1 aliphatic rings. The summed E-state index contributed by atoms with van der Waals surface area (Å²) in [5.74, 6) is 0.267. The van der Waals surface area contributed by atoms with Crippen LogP contribution in [0.15, 0.2) is 0 Å². The zero-order chi connectivity index (χ0) is 10.6. The van der Waals surface area contributed by atoms with Gasteiger partial charge >= 0.3 is 0 Å². The Balaban J connectivity index is 2.48. The van der Waals surface area contributed by atoms with E-state index in [0.29, 0.717) is 6.54 Å². The van der Waals surface area contributed by atoms with Crippen molar-refractivity contribution in [2.45, 2.75) is 25.8 Å². The topological polar surface area (TPSA) is 49.6 Å². The van der Waals surface area contributed by atoms with Crippen molar-refractivity contribution in [3.63, 3.8) is 0 Å². The highest BCUT2D eigenvalue weighted by atomic mass is 16.2. The third-order valence-electron chi connectivity index (χ3n) is 2.90. The SMILES string of the molecule is CCN(CCCN)C1CCN(C)C1=O. The lowest BCUT2D eigenvalue weighted by Crippen LogP contribution is -2.41. The van der Waals surface area contributed by atoms with Crippen molar-refractivity contribution in [3.8, 4) is 0 Å². The van der Waals surface area contributed by atoms with Crippen molar-refractivity contribution >= 4 is 5.91 Å². The predicted octanol–water partition coefficient (Wildman–Crippen LogP) is -0.112. The first-order valence-electron chi connectivity index (χ1n) is 5.39. The van der Waals surface area contributed by atoms with Gasteiger partial charge in [-0.15, -0.1) is 0 Å². The van der Waals surface area contributed by atoms with E-state index >= 15 is 0 Å². The van der Waals surface area contributed by atoms with Crippen LogP contribution in [-0.4, -0.2) is 55.0 Å². The molecule has 1 aliphatic heterocycles. The van der Waals surface area contributed by atoms with Gasteiger partial charge in [-0.05, 0) is 25.9 Å². The smallest absolute Gasteiger partial charge is 0.239 e. The van der Waals surface area contributed by atoms with E-state index in [2.05, 4.69) is 11.8 Å². The van der Waals surface area contributed by atoms with E-state index in [1.54, 1.807) is 0 Å². The zero-order valence-electron chi connectivity index (χ0n) is 9.20. The number of likely N-dealkylation sites (tertiary alicyclic amines) is 1. The van der Waals surface area contributed by atoms with Crippen LogP contribution in [0.25, 0.3) is 0 Å². The summed E-state index contributed by atoms with van der Waals surface area (Å²) in [4.78, 5) is 15.8. The normalized spacial score (nSPS) is 22.4. The molecular weight excluding hydrogens is 178 g/mol. The highest BCUT2D eigenvalue weighted by Crippen LogP contribution is 2.15. The monoisotopic (exact) mass is 199 g/mol. The fourth-order valence-electron chi connectivity index (χ4n) is 1.97. The van der Waals surface area contributed by atoms with E-state index in [1.807, 2.05) is 11.9 Å². The lowest BCUT2D eigenvalue weighted by atomic mass is 10.2. The molecule has 1 unspecified atom stereocenters. The molecule has 0 bridgehead atoms. The fourth-order valence-corrected chi connectivity index (χ4v) is 1.97. The molecule has 0 aromatic heterocycles. The predicted molar refractivity (Wildman–Crippen MR) is 57.0 cm³/mol. The number of likely N-dealkylation sites (N-methyl/N-ethyl adjacent to an activating group) is 2. The quantitative estimate of drug-likeness (QED) is 0.672.